The van der Waals surface area contributed by atoms with Gasteiger partial charge >= 0.3 is 0 Å². The van der Waals surface area contributed by atoms with Crippen LogP contribution in [0.15, 0.2) is 15.9 Å². The van der Waals surface area contributed by atoms with E-state index >= 15 is 0 Å². The molecule has 0 amide bonds. The summed E-state index contributed by atoms with van der Waals surface area (Å²) >= 11 is 5.27. The second-order valence-corrected chi connectivity index (χ2v) is 5.90. The molecule has 2 rings (SSSR count). The van der Waals surface area contributed by atoms with Crippen molar-refractivity contribution < 1.29 is 0 Å². The monoisotopic (exact) mass is 288 g/mol. The first-order valence-electron chi connectivity index (χ1n) is 5.51. The molecule has 0 aliphatic carbocycles. The standard InChI is InChI=1S/C11H17BrN2S/c12-9-6-11(15-8-9)7-13-5-3-10-2-1-4-14-10/h6,8,10,13-14H,1-5,7H2. The van der Waals surface area contributed by atoms with Gasteiger partial charge in [0.2, 0.25) is 0 Å². The van der Waals surface area contributed by atoms with Crippen LogP contribution in [0.1, 0.15) is 24.1 Å². The van der Waals surface area contributed by atoms with E-state index in [1.54, 1.807) is 0 Å². The summed E-state index contributed by atoms with van der Waals surface area (Å²) in [5.74, 6) is 0. The van der Waals surface area contributed by atoms with Gasteiger partial charge in [0.25, 0.3) is 0 Å². The Balaban J connectivity index is 1.58. The molecule has 1 unspecified atom stereocenters. The number of halogens is 1. The molecule has 1 aromatic heterocycles. The molecule has 2 N–H and O–H groups in total. The van der Waals surface area contributed by atoms with E-state index in [2.05, 4.69) is 38.0 Å². The molecule has 2 nitrogen and oxygen atoms in total. The second kappa shape index (κ2) is 5.99. The number of hydrogen-bond donors (Lipinski definition) is 2. The summed E-state index contributed by atoms with van der Waals surface area (Å²) in [5.41, 5.74) is 0. The minimum atomic E-state index is 0.757. The zero-order valence-corrected chi connectivity index (χ0v) is 11.2. The normalized spacial score (nSPS) is 21.0. The molecule has 0 radical (unpaired) electrons. The fourth-order valence-electron chi connectivity index (χ4n) is 1.94. The topological polar surface area (TPSA) is 24.1 Å². The first-order chi connectivity index (χ1) is 7.34. The molecule has 1 aliphatic heterocycles. The highest BCUT2D eigenvalue weighted by molar-refractivity contribution is 9.10. The van der Waals surface area contributed by atoms with Crippen molar-refractivity contribution in [3.8, 4) is 0 Å². The zero-order chi connectivity index (χ0) is 10.5. The first kappa shape index (κ1) is 11.6. The minimum Gasteiger partial charge on any atom is -0.314 e. The zero-order valence-electron chi connectivity index (χ0n) is 8.76. The van der Waals surface area contributed by atoms with Gasteiger partial charge in [-0.05, 0) is 54.3 Å². The molecule has 0 aromatic carbocycles. The predicted octanol–water partition coefficient (Wildman–Crippen LogP) is 2.74. The lowest BCUT2D eigenvalue weighted by molar-refractivity contribution is 0.525. The second-order valence-electron chi connectivity index (χ2n) is 3.99. The van der Waals surface area contributed by atoms with Crippen molar-refractivity contribution in [3.63, 3.8) is 0 Å². The van der Waals surface area contributed by atoms with Gasteiger partial charge in [-0.3, -0.25) is 0 Å². The average Bonchev–Trinajstić information content (AvgIpc) is 2.84. The Kier molecular flexibility index (Phi) is 4.62. The molecule has 0 spiro atoms. The van der Waals surface area contributed by atoms with Crippen LogP contribution in [0.5, 0.6) is 0 Å². The summed E-state index contributed by atoms with van der Waals surface area (Å²) < 4.78 is 1.20. The van der Waals surface area contributed by atoms with Gasteiger partial charge in [0, 0.05) is 27.3 Å². The summed E-state index contributed by atoms with van der Waals surface area (Å²) in [6.07, 6.45) is 3.96. The number of rotatable bonds is 5. The van der Waals surface area contributed by atoms with E-state index in [4.69, 9.17) is 0 Å². The quantitative estimate of drug-likeness (QED) is 0.815. The summed E-state index contributed by atoms with van der Waals surface area (Å²) in [7, 11) is 0. The van der Waals surface area contributed by atoms with E-state index in [0.717, 1.165) is 19.1 Å². The lowest BCUT2D eigenvalue weighted by Crippen LogP contribution is -2.26. The Morgan fingerprint density at radius 2 is 2.53 bits per heavy atom. The molecule has 1 atom stereocenters. The highest BCUT2D eigenvalue weighted by Crippen LogP contribution is 2.19. The van der Waals surface area contributed by atoms with Crippen molar-refractivity contribution in [2.75, 3.05) is 13.1 Å². The van der Waals surface area contributed by atoms with Crippen LogP contribution >= 0.6 is 27.3 Å². The summed E-state index contributed by atoms with van der Waals surface area (Å²) in [6, 6.07) is 2.94. The van der Waals surface area contributed by atoms with E-state index in [-0.39, 0.29) is 0 Å². The Hall–Kier alpha value is 0.1000. The molecule has 0 saturated carbocycles. The van der Waals surface area contributed by atoms with Crippen LogP contribution in [0.3, 0.4) is 0 Å². The number of nitrogens with one attached hydrogen (secondary N) is 2. The van der Waals surface area contributed by atoms with Gasteiger partial charge in [-0.1, -0.05) is 0 Å². The Morgan fingerprint density at radius 3 is 3.20 bits per heavy atom. The van der Waals surface area contributed by atoms with Gasteiger partial charge in [0.05, 0.1) is 0 Å². The van der Waals surface area contributed by atoms with E-state index in [9.17, 15) is 0 Å². The third kappa shape index (κ3) is 3.87. The third-order valence-corrected chi connectivity index (χ3v) is 4.45. The minimum absolute atomic E-state index is 0.757. The van der Waals surface area contributed by atoms with Crippen molar-refractivity contribution in [2.24, 2.45) is 0 Å². The van der Waals surface area contributed by atoms with Gasteiger partial charge in [-0.15, -0.1) is 11.3 Å². The van der Waals surface area contributed by atoms with Crippen LogP contribution in [-0.4, -0.2) is 19.1 Å². The highest BCUT2D eigenvalue weighted by Gasteiger charge is 2.12. The van der Waals surface area contributed by atoms with Crippen LogP contribution in [0.25, 0.3) is 0 Å². The van der Waals surface area contributed by atoms with Crippen LogP contribution in [0, 0.1) is 0 Å². The predicted molar refractivity (Wildman–Crippen MR) is 69.4 cm³/mol. The fourth-order valence-corrected chi connectivity index (χ4v) is 3.36. The van der Waals surface area contributed by atoms with Crippen molar-refractivity contribution in [3.05, 3.63) is 20.8 Å². The van der Waals surface area contributed by atoms with Crippen molar-refractivity contribution >= 4 is 27.3 Å². The van der Waals surface area contributed by atoms with E-state index in [0.29, 0.717) is 0 Å². The Labute approximate surface area is 104 Å². The average molecular weight is 289 g/mol. The molecule has 4 heteroatoms. The van der Waals surface area contributed by atoms with Gasteiger partial charge in [0.15, 0.2) is 0 Å². The Morgan fingerprint density at radius 1 is 1.60 bits per heavy atom. The van der Waals surface area contributed by atoms with Crippen molar-refractivity contribution in [1.82, 2.24) is 10.6 Å². The maximum absolute atomic E-state index is 3.51. The van der Waals surface area contributed by atoms with Gasteiger partial charge in [0.1, 0.15) is 0 Å². The summed E-state index contributed by atoms with van der Waals surface area (Å²) in [5, 5.41) is 9.14. The van der Waals surface area contributed by atoms with E-state index in [1.165, 1.54) is 35.2 Å². The SMILES string of the molecule is Brc1csc(CNCCC2CCCN2)c1. The van der Waals surface area contributed by atoms with Crippen molar-refractivity contribution in [2.45, 2.75) is 31.8 Å². The summed E-state index contributed by atoms with van der Waals surface area (Å²) in [4.78, 5) is 1.40. The van der Waals surface area contributed by atoms with Gasteiger partial charge in [-0.2, -0.15) is 0 Å². The third-order valence-electron chi connectivity index (χ3n) is 2.75. The molecular formula is C11H17BrN2S. The molecule has 0 bridgehead atoms. The maximum atomic E-state index is 3.51. The maximum Gasteiger partial charge on any atom is 0.0300 e. The van der Waals surface area contributed by atoms with E-state index in [1.807, 2.05) is 11.3 Å². The molecule has 2 heterocycles. The first-order valence-corrected chi connectivity index (χ1v) is 7.19. The molecule has 15 heavy (non-hydrogen) atoms. The van der Waals surface area contributed by atoms with Crippen molar-refractivity contribution in [1.29, 1.82) is 0 Å². The molecule has 1 aliphatic rings. The Bertz CT molecular complexity index is 295. The fraction of sp³-hybridized carbons (Fsp3) is 0.636. The number of thiophene rings is 1. The molecule has 1 aromatic rings. The molecule has 1 fully saturated rings. The van der Waals surface area contributed by atoms with Gasteiger partial charge < -0.3 is 10.6 Å². The van der Waals surface area contributed by atoms with E-state index < -0.39 is 0 Å². The van der Waals surface area contributed by atoms with Crippen LogP contribution in [-0.2, 0) is 6.54 Å². The van der Waals surface area contributed by atoms with Crippen LogP contribution in [0.4, 0.5) is 0 Å². The molecular weight excluding hydrogens is 272 g/mol. The molecule has 1 saturated heterocycles. The lowest BCUT2D eigenvalue weighted by atomic mass is 10.1. The smallest absolute Gasteiger partial charge is 0.0300 e. The lowest BCUT2D eigenvalue weighted by Gasteiger charge is -2.09. The highest BCUT2D eigenvalue weighted by atomic mass is 79.9. The summed E-state index contributed by atoms with van der Waals surface area (Å²) in [6.45, 7) is 3.33. The number of hydrogen-bond acceptors (Lipinski definition) is 3. The largest absolute Gasteiger partial charge is 0.314 e. The van der Waals surface area contributed by atoms with Crippen LogP contribution < -0.4 is 10.6 Å². The molecule has 84 valence electrons. The van der Waals surface area contributed by atoms with Crippen LogP contribution in [0.2, 0.25) is 0 Å². The van der Waals surface area contributed by atoms with Gasteiger partial charge in [-0.25, -0.2) is 0 Å².